The molecule has 2 aliphatic carbocycles. The van der Waals surface area contributed by atoms with Crippen molar-refractivity contribution in [2.45, 2.75) is 43.4 Å². The highest BCUT2D eigenvalue weighted by atomic mass is 32.1. The van der Waals surface area contributed by atoms with E-state index in [9.17, 15) is 8.78 Å². The number of rotatable bonds is 2. The SMILES string of the molecule is NCC1(c2cc3c(s2)CCCC3)CC1(F)F. The zero-order chi connectivity index (χ0) is 11.4. The van der Waals surface area contributed by atoms with Crippen LogP contribution in [-0.4, -0.2) is 12.5 Å². The van der Waals surface area contributed by atoms with Crippen LogP contribution in [0, 0.1) is 0 Å². The summed E-state index contributed by atoms with van der Waals surface area (Å²) in [5, 5.41) is 0. The number of hydrogen-bond donors (Lipinski definition) is 1. The van der Waals surface area contributed by atoms with E-state index in [1.54, 1.807) is 11.3 Å². The Morgan fingerprint density at radius 2 is 2.00 bits per heavy atom. The van der Waals surface area contributed by atoms with Crippen molar-refractivity contribution in [3.8, 4) is 0 Å². The first-order chi connectivity index (χ1) is 7.59. The smallest absolute Gasteiger partial charge is 0.261 e. The fourth-order valence-electron chi connectivity index (χ4n) is 2.65. The third-order valence-electron chi connectivity index (χ3n) is 3.92. The van der Waals surface area contributed by atoms with Gasteiger partial charge in [0.1, 0.15) is 0 Å². The first-order valence-electron chi connectivity index (χ1n) is 5.79. The van der Waals surface area contributed by atoms with Gasteiger partial charge in [-0.1, -0.05) is 0 Å². The maximum atomic E-state index is 13.4. The Kier molecular flexibility index (Phi) is 2.17. The summed E-state index contributed by atoms with van der Waals surface area (Å²) in [5.74, 6) is -2.57. The molecule has 1 aromatic rings. The average Bonchev–Trinajstić information content (AvgIpc) is 2.67. The quantitative estimate of drug-likeness (QED) is 0.849. The predicted molar refractivity (Wildman–Crippen MR) is 61.3 cm³/mol. The molecule has 2 N–H and O–H groups in total. The third kappa shape index (κ3) is 1.29. The number of aryl methyl sites for hydroxylation is 2. The summed E-state index contributed by atoms with van der Waals surface area (Å²) in [6.45, 7) is 0.0688. The number of alkyl halides is 2. The van der Waals surface area contributed by atoms with Crippen molar-refractivity contribution in [1.29, 1.82) is 0 Å². The zero-order valence-electron chi connectivity index (χ0n) is 9.06. The summed E-state index contributed by atoms with van der Waals surface area (Å²) in [4.78, 5) is 2.14. The molecule has 16 heavy (non-hydrogen) atoms. The van der Waals surface area contributed by atoms with Crippen LogP contribution in [0.5, 0.6) is 0 Å². The van der Waals surface area contributed by atoms with Crippen molar-refractivity contribution in [3.05, 3.63) is 21.4 Å². The lowest BCUT2D eigenvalue weighted by Crippen LogP contribution is -2.25. The van der Waals surface area contributed by atoms with Crippen LogP contribution in [0.3, 0.4) is 0 Å². The third-order valence-corrected chi connectivity index (χ3v) is 5.36. The molecule has 1 saturated carbocycles. The van der Waals surface area contributed by atoms with Gasteiger partial charge in [0.2, 0.25) is 0 Å². The van der Waals surface area contributed by atoms with Crippen molar-refractivity contribution < 1.29 is 8.78 Å². The maximum Gasteiger partial charge on any atom is 0.261 e. The second-order valence-corrected chi connectivity index (χ2v) is 6.07. The molecule has 3 rings (SSSR count). The van der Waals surface area contributed by atoms with E-state index in [1.165, 1.54) is 23.3 Å². The van der Waals surface area contributed by atoms with Crippen LogP contribution in [0.2, 0.25) is 0 Å². The van der Waals surface area contributed by atoms with Crippen LogP contribution in [-0.2, 0) is 18.3 Å². The van der Waals surface area contributed by atoms with Gasteiger partial charge in [-0.05, 0) is 37.3 Å². The highest BCUT2D eigenvalue weighted by Gasteiger charge is 2.71. The van der Waals surface area contributed by atoms with Gasteiger partial charge in [-0.25, -0.2) is 8.78 Å². The van der Waals surface area contributed by atoms with Gasteiger partial charge in [-0.3, -0.25) is 0 Å². The van der Waals surface area contributed by atoms with Gasteiger partial charge in [0.15, 0.2) is 0 Å². The number of fused-ring (bicyclic) bond motifs is 1. The van der Waals surface area contributed by atoms with Crippen LogP contribution < -0.4 is 5.73 Å². The van der Waals surface area contributed by atoms with E-state index in [1.807, 2.05) is 6.07 Å². The molecule has 1 nitrogen and oxygen atoms in total. The van der Waals surface area contributed by atoms with Crippen molar-refractivity contribution in [2.75, 3.05) is 6.54 Å². The molecule has 0 spiro atoms. The first-order valence-corrected chi connectivity index (χ1v) is 6.61. The van der Waals surface area contributed by atoms with E-state index in [0.717, 1.165) is 17.7 Å². The Labute approximate surface area is 97.7 Å². The van der Waals surface area contributed by atoms with Crippen LogP contribution in [0.25, 0.3) is 0 Å². The van der Waals surface area contributed by atoms with Gasteiger partial charge < -0.3 is 5.73 Å². The molecular formula is C12H15F2NS. The fourth-order valence-corrected chi connectivity index (χ4v) is 4.16. The number of thiophene rings is 1. The molecule has 0 aromatic carbocycles. The topological polar surface area (TPSA) is 26.0 Å². The molecular weight excluding hydrogens is 228 g/mol. The second-order valence-electron chi connectivity index (χ2n) is 4.93. The summed E-state index contributed by atoms with van der Waals surface area (Å²) < 4.78 is 26.9. The van der Waals surface area contributed by atoms with Crippen LogP contribution >= 0.6 is 11.3 Å². The highest BCUT2D eigenvalue weighted by Crippen LogP contribution is 2.62. The van der Waals surface area contributed by atoms with E-state index in [-0.39, 0.29) is 13.0 Å². The molecule has 1 heterocycles. The molecule has 0 saturated heterocycles. The molecule has 0 radical (unpaired) electrons. The minimum absolute atomic E-state index is 0.0596. The standard InChI is InChI=1S/C12H15F2NS/c13-12(14)6-11(12,7-15)10-5-8-3-1-2-4-9(8)16-10/h5H,1-4,6-7,15H2. The van der Waals surface area contributed by atoms with Crippen LogP contribution in [0.15, 0.2) is 6.07 Å². The molecule has 1 unspecified atom stereocenters. The van der Waals surface area contributed by atoms with Crippen molar-refractivity contribution >= 4 is 11.3 Å². The Morgan fingerprint density at radius 3 is 2.56 bits per heavy atom. The summed E-state index contributed by atoms with van der Waals surface area (Å²) in [7, 11) is 0. The zero-order valence-corrected chi connectivity index (χ0v) is 9.88. The van der Waals surface area contributed by atoms with Gasteiger partial charge in [-0.2, -0.15) is 0 Å². The fraction of sp³-hybridized carbons (Fsp3) is 0.667. The van der Waals surface area contributed by atoms with Gasteiger partial charge in [0.25, 0.3) is 5.92 Å². The Morgan fingerprint density at radius 1 is 1.31 bits per heavy atom. The van der Waals surface area contributed by atoms with E-state index in [0.29, 0.717) is 0 Å². The van der Waals surface area contributed by atoms with Crippen molar-refractivity contribution in [3.63, 3.8) is 0 Å². The number of hydrogen-bond acceptors (Lipinski definition) is 2. The lowest BCUT2D eigenvalue weighted by molar-refractivity contribution is 0.0904. The van der Waals surface area contributed by atoms with E-state index in [2.05, 4.69) is 0 Å². The maximum absolute atomic E-state index is 13.4. The van der Waals surface area contributed by atoms with Crippen LogP contribution in [0.4, 0.5) is 8.78 Å². The lowest BCUT2D eigenvalue weighted by Gasteiger charge is -2.10. The van der Waals surface area contributed by atoms with Crippen molar-refractivity contribution in [2.24, 2.45) is 5.73 Å². The molecule has 0 aliphatic heterocycles. The summed E-state index contributed by atoms with van der Waals surface area (Å²) in [5.41, 5.74) is 5.84. The Bertz CT molecular complexity index is 403. The van der Waals surface area contributed by atoms with E-state index >= 15 is 0 Å². The monoisotopic (exact) mass is 243 g/mol. The van der Waals surface area contributed by atoms with E-state index < -0.39 is 11.3 Å². The molecule has 4 heteroatoms. The average molecular weight is 243 g/mol. The summed E-state index contributed by atoms with van der Waals surface area (Å²) in [6.07, 6.45) is 4.44. The Hall–Kier alpha value is -0.480. The molecule has 1 fully saturated rings. The molecule has 2 aliphatic rings. The first kappa shape index (κ1) is 10.7. The minimum atomic E-state index is -2.57. The van der Waals surface area contributed by atoms with Gasteiger partial charge >= 0.3 is 0 Å². The Balaban J connectivity index is 1.98. The highest BCUT2D eigenvalue weighted by molar-refractivity contribution is 7.12. The number of halogens is 2. The minimum Gasteiger partial charge on any atom is -0.329 e. The van der Waals surface area contributed by atoms with Crippen LogP contribution in [0.1, 0.15) is 34.6 Å². The predicted octanol–water partition coefficient (Wildman–Crippen LogP) is 2.86. The normalized spacial score (nSPS) is 31.2. The number of nitrogens with two attached hydrogens (primary N) is 1. The largest absolute Gasteiger partial charge is 0.329 e. The molecule has 1 atom stereocenters. The summed E-state index contributed by atoms with van der Waals surface area (Å²) >= 11 is 1.57. The van der Waals surface area contributed by atoms with Gasteiger partial charge in [0.05, 0.1) is 5.41 Å². The molecule has 0 bridgehead atoms. The van der Waals surface area contributed by atoms with Gasteiger partial charge in [-0.15, -0.1) is 11.3 Å². The summed E-state index contributed by atoms with van der Waals surface area (Å²) in [6, 6.07) is 1.99. The van der Waals surface area contributed by atoms with E-state index in [4.69, 9.17) is 5.73 Å². The van der Waals surface area contributed by atoms with Gasteiger partial charge in [0, 0.05) is 22.7 Å². The molecule has 1 aromatic heterocycles. The molecule has 88 valence electrons. The second kappa shape index (κ2) is 3.26. The van der Waals surface area contributed by atoms with Crippen molar-refractivity contribution in [1.82, 2.24) is 0 Å². The lowest BCUT2D eigenvalue weighted by atomic mass is 9.97. The molecule has 0 amide bonds.